The standard InChI is InChI=1S/C40H24N4S2/c1-4-13-25(14-5-1)28-23-31-30-20-12-19-29(26-15-6-2-7-16-26)35(30)46-36(31)32(24-28)38-42-37(27-17-8-3-9-18-27)43-39(44-38)40-41-33-21-10-11-22-34(33)45-40/h1-24H. The highest BCUT2D eigenvalue weighted by Crippen LogP contribution is 2.45. The fraction of sp³-hybridized carbons (Fsp3) is 0. The van der Waals surface area contributed by atoms with E-state index in [1.165, 1.54) is 26.6 Å². The molecular formula is C40H24N4S2. The first-order valence-corrected chi connectivity index (χ1v) is 16.7. The van der Waals surface area contributed by atoms with Gasteiger partial charge < -0.3 is 0 Å². The Morgan fingerprint density at radius 3 is 1.76 bits per heavy atom. The average Bonchev–Trinajstić information content (AvgIpc) is 3.74. The van der Waals surface area contributed by atoms with Gasteiger partial charge in [-0.1, -0.05) is 121 Å². The van der Waals surface area contributed by atoms with Crippen LogP contribution in [0.5, 0.6) is 0 Å². The largest absolute Gasteiger partial charge is 0.233 e. The van der Waals surface area contributed by atoms with Crippen molar-refractivity contribution < 1.29 is 0 Å². The molecule has 0 radical (unpaired) electrons. The molecule has 0 spiro atoms. The molecule has 0 unspecified atom stereocenters. The molecule has 0 bridgehead atoms. The number of thiazole rings is 1. The fourth-order valence-electron chi connectivity index (χ4n) is 5.98. The quantitative estimate of drug-likeness (QED) is 0.191. The molecule has 6 aromatic carbocycles. The van der Waals surface area contributed by atoms with Crippen molar-refractivity contribution in [1.82, 2.24) is 19.9 Å². The van der Waals surface area contributed by atoms with Crippen molar-refractivity contribution in [2.45, 2.75) is 0 Å². The zero-order valence-electron chi connectivity index (χ0n) is 24.5. The van der Waals surface area contributed by atoms with E-state index in [9.17, 15) is 0 Å². The van der Waals surface area contributed by atoms with Crippen molar-refractivity contribution in [2.24, 2.45) is 0 Å². The van der Waals surface area contributed by atoms with Crippen LogP contribution in [0.15, 0.2) is 146 Å². The second-order valence-corrected chi connectivity index (χ2v) is 13.1. The number of nitrogens with zero attached hydrogens (tertiary/aromatic N) is 4. The van der Waals surface area contributed by atoms with Crippen LogP contribution in [0.2, 0.25) is 0 Å². The van der Waals surface area contributed by atoms with Crippen molar-refractivity contribution in [1.29, 1.82) is 0 Å². The van der Waals surface area contributed by atoms with Crippen molar-refractivity contribution >= 4 is 53.1 Å². The average molecular weight is 625 g/mol. The van der Waals surface area contributed by atoms with E-state index in [0.717, 1.165) is 42.2 Å². The van der Waals surface area contributed by atoms with Gasteiger partial charge in [-0.15, -0.1) is 22.7 Å². The molecule has 0 saturated heterocycles. The molecule has 0 aliphatic carbocycles. The molecule has 0 N–H and O–H groups in total. The molecule has 6 heteroatoms. The van der Waals surface area contributed by atoms with Crippen LogP contribution < -0.4 is 0 Å². The van der Waals surface area contributed by atoms with E-state index in [-0.39, 0.29) is 0 Å². The van der Waals surface area contributed by atoms with E-state index >= 15 is 0 Å². The fourth-order valence-corrected chi connectivity index (χ4v) is 8.21. The normalized spacial score (nSPS) is 11.5. The van der Waals surface area contributed by atoms with Crippen LogP contribution in [0.25, 0.3) is 86.3 Å². The van der Waals surface area contributed by atoms with Gasteiger partial charge >= 0.3 is 0 Å². The number of hydrogen-bond acceptors (Lipinski definition) is 6. The zero-order valence-corrected chi connectivity index (χ0v) is 26.1. The van der Waals surface area contributed by atoms with Gasteiger partial charge in [-0.3, -0.25) is 0 Å². The molecule has 0 amide bonds. The lowest BCUT2D eigenvalue weighted by atomic mass is 9.97. The SMILES string of the molecule is c1ccc(-c2cc(-c3nc(-c4ccccc4)nc(-c4nc5ccccc5s4)n3)c3sc4c(-c5ccccc5)cccc4c3c2)cc1. The van der Waals surface area contributed by atoms with E-state index < -0.39 is 0 Å². The topological polar surface area (TPSA) is 51.6 Å². The second-order valence-electron chi connectivity index (χ2n) is 11.1. The molecule has 9 aromatic rings. The van der Waals surface area contributed by atoms with Crippen LogP contribution in [0.1, 0.15) is 0 Å². The summed E-state index contributed by atoms with van der Waals surface area (Å²) >= 11 is 3.41. The van der Waals surface area contributed by atoms with E-state index in [2.05, 4.69) is 97.1 Å². The molecule has 4 nitrogen and oxygen atoms in total. The van der Waals surface area contributed by atoms with Gasteiger partial charge in [0.1, 0.15) is 0 Å². The second kappa shape index (κ2) is 11.1. The molecule has 216 valence electrons. The van der Waals surface area contributed by atoms with Crippen LogP contribution in [0.3, 0.4) is 0 Å². The number of fused-ring (bicyclic) bond motifs is 4. The zero-order chi connectivity index (χ0) is 30.5. The molecule has 46 heavy (non-hydrogen) atoms. The summed E-state index contributed by atoms with van der Waals surface area (Å²) in [6, 6.07) is 50.6. The van der Waals surface area contributed by atoms with Gasteiger partial charge in [0.15, 0.2) is 22.5 Å². The summed E-state index contributed by atoms with van der Waals surface area (Å²) in [4.78, 5) is 20.2. The molecule has 0 atom stereocenters. The Labute approximate surface area is 273 Å². The monoisotopic (exact) mass is 624 g/mol. The van der Waals surface area contributed by atoms with Gasteiger partial charge in [-0.05, 0) is 46.5 Å². The highest BCUT2D eigenvalue weighted by Gasteiger charge is 2.20. The van der Waals surface area contributed by atoms with Gasteiger partial charge in [0.2, 0.25) is 0 Å². The summed E-state index contributed by atoms with van der Waals surface area (Å²) in [5, 5.41) is 3.20. The van der Waals surface area contributed by atoms with Crippen LogP contribution in [-0.4, -0.2) is 19.9 Å². The lowest BCUT2D eigenvalue weighted by Crippen LogP contribution is -2.00. The van der Waals surface area contributed by atoms with Gasteiger partial charge in [0.25, 0.3) is 0 Å². The Morgan fingerprint density at radius 1 is 0.370 bits per heavy atom. The third-order valence-corrected chi connectivity index (χ3v) is 10.5. The summed E-state index contributed by atoms with van der Waals surface area (Å²) < 4.78 is 3.50. The summed E-state index contributed by atoms with van der Waals surface area (Å²) in [6.45, 7) is 0. The van der Waals surface area contributed by atoms with Crippen LogP contribution >= 0.6 is 22.7 Å². The molecule has 9 rings (SSSR count). The maximum atomic E-state index is 5.16. The lowest BCUT2D eigenvalue weighted by molar-refractivity contribution is 1.07. The first kappa shape index (κ1) is 26.8. The van der Waals surface area contributed by atoms with Gasteiger partial charge in [0, 0.05) is 31.3 Å². The van der Waals surface area contributed by atoms with E-state index in [1.54, 1.807) is 22.7 Å². The highest BCUT2D eigenvalue weighted by molar-refractivity contribution is 7.27. The predicted octanol–water partition coefficient (Wildman–Crippen LogP) is 11.2. The third kappa shape index (κ3) is 4.67. The molecule has 0 saturated carbocycles. The Balaban J connectivity index is 1.35. The molecule has 0 aliphatic heterocycles. The Morgan fingerprint density at radius 2 is 1.00 bits per heavy atom. The molecule has 3 heterocycles. The molecular weight excluding hydrogens is 601 g/mol. The van der Waals surface area contributed by atoms with Gasteiger partial charge in [-0.2, -0.15) is 0 Å². The Kier molecular flexibility index (Phi) is 6.47. The molecule has 0 aliphatic rings. The number of thiophene rings is 1. The van der Waals surface area contributed by atoms with Crippen molar-refractivity contribution in [3.05, 3.63) is 146 Å². The van der Waals surface area contributed by atoms with E-state index in [0.29, 0.717) is 17.5 Å². The van der Waals surface area contributed by atoms with Crippen molar-refractivity contribution in [3.63, 3.8) is 0 Å². The van der Waals surface area contributed by atoms with Crippen LogP contribution in [-0.2, 0) is 0 Å². The number of rotatable bonds is 5. The minimum Gasteiger partial charge on any atom is -0.233 e. The number of hydrogen-bond donors (Lipinski definition) is 0. The smallest absolute Gasteiger partial charge is 0.192 e. The summed E-state index contributed by atoms with van der Waals surface area (Å²) in [5.74, 6) is 1.84. The third-order valence-electron chi connectivity index (χ3n) is 8.18. The van der Waals surface area contributed by atoms with Crippen LogP contribution in [0.4, 0.5) is 0 Å². The first-order valence-electron chi connectivity index (χ1n) is 15.1. The Hall–Kier alpha value is -5.56. The highest BCUT2D eigenvalue weighted by atomic mass is 32.1. The lowest BCUT2D eigenvalue weighted by Gasteiger charge is -2.10. The molecule has 3 aromatic heterocycles. The van der Waals surface area contributed by atoms with Crippen LogP contribution in [0, 0.1) is 0 Å². The minimum atomic E-state index is 0.578. The summed E-state index contributed by atoms with van der Waals surface area (Å²) in [5.41, 5.74) is 7.56. The van der Waals surface area contributed by atoms with Gasteiger partial charge in [-0.25, -0.2) is 19.9 Å². The maximum absolute atomic E-state index is 5.16. The minimum absolute atomic E-state index is 0.578. The number of para-hydroxylation sites is 1. The first-order chi connectivity index (χ1) is 22.8. The number of aromatic nitrogens is 4. The predicted molar refractivity (Wildman–Crippen MR) is 193 cm³/mol. The van der Waals surface area contributed by atoms with E-state index in [4.69, 9.17) is 19.9 Å². The summed E-state index contributed by atoms with van der Waals surface area (Å²) in [6.07, 6.45) is 0. The van der Waals surface area contributed by atoms with Crippen molar-refractivity contribution in [2.75, 3.05) is 0 Å². The number of benzene rings is 6. The summed E-state index contributed by atoms with van der Waals surface area (Å²) in [7, 11) is 0. The van der Waals surface area contributed by atoms with E-state index in [1.807, 2.05) is 48.5 Å². The maximum Gasteiger partial charge on any atom is 0.192 e. The van der Waals surface area contributed by atoms with Crippen molar-refractivity contribution in [3.8, 4) is 55.9 Å². The van der Waals surface area contributed by atoms with Gasteiger partial charge in [0.05, 0.1) is 10.2 Å². The Bertz CT molecular complexity index is 2490. The molecule has 0 fully saturated rings.